The van der Waals surface area contributed by atoms with Gasteiger partial charge in [0.1, 0.15) is 5.82 Å². The lowest BCUT2D eigenvalue weighted by Gasteiger charge is -2.15. The molecular formula is C15H16FN3O. The van der Waals surface area contributed by atoms with Crippen molar-refractivity contribution >= 4 is 17.3 Å². The van der Waals surface area contributed by atoms with Crippen molar-refractivity contribution < 1.29 is 9.18 Å². The molecule has 4 nitrogen and oxygen atoms in total. The lowest BCUT2D eigenvalue weighted by Crippen LogP contribution is -2.09. The molecule has 20 heavy (non-hydrogen) atoms. The van der Waals surface area contributed by atoms with E-state index in [0.717, 1.165) is 17.1 Å². The molecule has 0 saturated carbocycles. The van der Waals surface area contributed by atoms with E-state index in [4.69, 9.17) is 0 Å². The summed E-state index contributed by atoms with van der Waals surface area (Å²) in [6.45, 7) is 3.41. The second kappa shape index (κ2) is 6.14. The molecule has 0 saturated heterocycles. The van der Waals surface area contributed by atoms with Crippen LogP contribution in [0, 0.1) is 5.82 Å². The van der Waals surface area contributed by atoms with Crippen LogP contribution in [0.15, 0.2) is 42.6 Å². The molecule has 1 atom stereocenters. The van der Waals surface area contributed by atoms with Crippen molar-refractivity contribution in [2.45, 2.75) is 19.9 Å². The molecule has 0 bridgehead atoms. The molecular weight excluding hydrogens is 257 g/mol. The van der Waals surface area contributed by atoms with Gasteiger partial charge in [-0.3, -0.25) is 9.78 Å². The maximum Gasteiger partial charge on any atom is 0.221 e. The molecule has 1 aromatic heterocycles. The Morgan fingerprint density at radius 2 is 1.80 bits per heavy atom. The van der Waals surface area contributed by atoms with Crippen LogP contribution in [-0.4, -0.2) is 10.9 Å². The smallest absolute Gasteiger partial charge is 0.221 e. The minimum atomic E-state index is -0.347. The van der Waals surface area contributed by atoms with Gasteiger partial charge in [0.05, 0.1) is 17.9 Å². The largest absolute Gasteiger partial charge is 0.377 e. The summed E-state index contributed by atoms with van der Waals surface area (Å²) < 4.78 is 12.8. The van der Waals surface area contributed by atoms with Crippen LogP contribution in [0.25, 0.3) is 0 Å². The second-order valence-electron chi connectivity index (χ2n) is 4.53. The molecule has 0 aliphatic carbocycles. The Balaban J connectivity index is 2.02. The molecule has 104 valence electrons. The van der Waals surface area contributed by atoms with E-state index in [9.17, 15) is 9.18 Å². The third-order valence-corrected chi connectivity index (χ3v) is 2.78. The van der Waals surface area contributed by atoms with E-state index in [1.807, 2.05) is 31.2 Å². The normalized spacial score (nSPS) is 11.8. The van der Waals surface area contributed by atoms with Crippen molar-refractivity contribution in [1.29, 1.82) is 0 Å². The topological polar surface area (TPSA) is 54.0 Å². The monoisotopic (exact) mass is 273 g/mol. The zero-order chi connectivity index (χ0) is 14.5. The van der Waals surface area contributed by atoms with Gasteiger partial charge in [-0.1, -0.05) is 0 Å². The van der Waals surface area contributed by atoms with E-state index >= 15 is 0 Å². The molecule has 0 spiro atoms. The third kappa shape index (κ3) is 3.78. The van der Waals surface area contributed by atoms with E-state index in [-0.39, 0.29) is 17.8 Å². The van der Waals surface area contributed by atoms with Crippen molar-refractivity contribution in [2.75, 3.05) is 10.6 Å². The Labute approximate surface area is 117 Å². The first kappa shape index (κ1) is 14.0. The molecule has 0 aliphatic rings. The van der Waals surface area contributed by atoms with Gasteiger partial charge >= 0.3 is 0 Å². The summed E-state index contributed by atoms with van der Waals surface area (Å²) in [5, 5.41) is 5.96. The quantitative estimate of drug-likeness (QED) is 0.898. The Kier molecular flexibility index (Phi) is 4.30. The molecule has 1 unspecified atom stereocenters. The van der Waals surface area contributed by atoms with Crippen LogP contribution in [0.2, 0.25) is 0 Å². The highest BCUT2D eigenvalue weighted by Gasteiger charge is 2.07. The van der Waals surface area contributed by atoms with Gasteiger partial charge in [0.2, 0.25) is 5.91 Å². The summed E-state index contributed by atoms with van der Waals surface area (Å²) in [5.74, 6) is -0.449. The number of carbonyl (C=O) groups excluding carboxylic acids is 1. The Hall–Kier alpha value is -2.43. The number of aromatic nitrogens is 1. The van der Waals surface area contributed by atoms with Crippen LogP contribution >= 0.6 is 0 Å². The maximum absolute atomic E-state index is 12.8. The molecule has 0 fully saturated rings. The van der Waals surface area contributed by atoms with Crippen LogP contribution in [0.4, 0.5) is 15.8 Å². The van der Waals surface area contributed by atoms with Crippen molar-refractivity contribution in [3.63, 3.8) is 0 Å². The lowest BCUT2D eigenvalue weighted by atomic mass is 10.2. The predicted octanol–water partition coefficient (Wildman–Crippen LogP) is 3.35. The second-order valence-corrected chi connectivity index (χ2v) is 4.53. The van der Waals surface area contributed by atoms with Gasteiger partial charge in [-0.05, 0) is 43.3 Å². The van der Waals surface area contributed by atoms with Gasteiger partial charge in [0.15, 0.2) is 0 Å². The number of rotatable bonds is 4. The van der Waals surface area contributed by atoms with Crippen LogP contribution < -0.4 is 10.6 Å². The number of amides is 1. The number of halogens is 1. The summed E-state index contributed by atoms with van der Waals surface area (Å²) in [6.07, 6.45) is 1.20. The number of hydrogen-bond donors (Lipinski definition) is 2. The summed E-state index contributed by atoms with van der Waals surface area (Å²) in [6, 6.07) is 10.4. The minimum Gasteiger partial charge on any atom is -0.377 e. The Bertz CT molecular complexity index is 581. The first-order valence-corrected chi connectivity index (χ1v) is 6.30. The Morgan fingerprint density at radius 1 is 1.15 bits per heavy atom. The molecule has 2 N–H and O–H groups in total. The average Bonchev–Trinajstić information content (AvgIpc) is 2.41. The molecule has 0 radical (unpaired) electrons. The minimum absolute atomic E-state index is 0.0396. The van der Waals surface area contributed by atoms with Gasteiger partial charge in [0.25, 0.3) is 0 Å². The van der Waals surface area contributed by atoms with Gasteiger partial charge in [-0.25, -0.2) is 4.39 Å². The highest BCUT2D eigenvalue weighted by molar-refractivity contribution is 5.88. The van der Waals surface area contributed by atoms with Crippen LogP contribution in [0.5, 0.6) is 0 Å². The zero-order valence-corrected chi connectivity index (χ0v) is 11.4. The summed E-state index contributed by atoms with van der Waals surface area (Å²) >= 11 is 0. The van der Waals surface area contributed by atoms with E-state index in [1.165, 1.54) is 19.2 Å². The molecule has 2 aromatic rings. The lowest BCUT2D eigenvalue weighted by molar-refractivity contribution is -0.114. The fourth-order valence-corrected chi connectivity index (χ4v) is 1.82. The van der Waals surface area contributed by atoms with Crippen molar-refractivity contribution in [2.24, 2.45) is 0 Å². The Morgan fingerprint density at radius 3 is 2.35 bits per heavy atom. The van der Waals surface area contributed by atoms with Crippen molar-refractivity contribution in [1.82, 2.24) is 4.98 Å². The van der Waals surface area contributed by atoms with Crippen LogP contribution in [-0.2, 0) is 4.79 Å². The molecule has 2 rings (SSSR count). The summed E-state index contributed by atoms with van der Waals surface area (Å²) in [4.78, 5) is 15.0. The fraction of sp³-hybridized carbons (Fsp3) is 0.200. The zero-order valence-electron chi connectivity index (χ0n) is 11.4. The van der Waals surface area contributed by atoms with Gasteiger partial charge in [0, 0.05) is 18.3 Å². The maximum atomic E-state index is 12.8. The van der Waals surface area contributed by atoms with Crippen LogP contribution in [0.3, 0.4) is 0 Å². The highest BCUT2D eigenvalue weighted by Crippen LogP contribution is 2.19. The predicted molar refractivity (Wildman–Crippen MR) is 77.0 cm³/mol. The number of benzene rings is 1. The first-order chi connectivity index (χ1) is 9.54. The molecule has 1 amide bonds. The number of nitrogens with zero attached hydrogens (tertiary/aromatic N) is 1. The SMILES string of the molecule is CC(=O)Nc1ccc(NC(C)c2ccc(F)cn2)cc1. The molecule has 1 aromatic carbocycles. The van der Waals surface area contributed by atoms with Gasteiger partial charge < -0.3 is 10.6 Å². The van der Waals surface area contributed by atoms with Crippen LogP contribution in [0.1, 0.15) is 25.6 Å². The van der Waals surface area contributed by atoms with E-state index < -0.39 is 0 Å². The molecule has 1 heterocycles. The summed E-state index contributed by atoms with van der Waals surface area (Å²) in [7, 11) is 0. The van der Waals surface area contributed by atoms with Crippen molar-refractivity contribution in [3.8, 4) is 0 Å². The number of hydrogen-bond acceptors (Lipinski definition) is 3. The van der Waals surface area contributed by atoms with E-state index in [0.29, 0.717) is 0 Å². The molecule has 5 heteroatoms. The third-order valence-electron chi connectivity index (χ3n) is 2.78. The van der Waals surface area contributed by atoms with E-state index in [2.05, 4.69) is 15.6 Å². The number of pyridine rings is 1. The van der Waals surface area contributed by atoms with E-state index in [1.54, 1.807) is 6.07 Å². The average molecular weight is 273 g/mol. The number of nitrogens with one attached hydrogen (secondary N) is 2. The fourth-order valence-electron chi connectivity index (χ4n) is 1.82. The molecule has 0 aliphatic heterocycles. The van der Waals surface area contributed by atoms with Gasteiger partial charge in [-0.15, -0.1) is 0 Å². The van der Waals surface area contributed by atoms with Gasteiger partial charge in [-0.2, -0.15) is 0 Å². The standard InChI is InChI=1S/C15H16FN3O/c1-10(15-8-3-12(16)9-17-15)18-13-4-6-14(7-5-13)19-11(2)20/h3-10,18H,1-2H3,(H,19,20). The first-order valence-electron chi connectivity index (χ1n) is 6.30. The number of anilines is 2. The highest BCUT2D eigenvalue weighted by atomic mass is 19.1. The van der Waals surface area contributed by atoms with Crippen molar-refractivity contribution in [3.05, 3.63) is 54.1 Å². The number of carbonyl (C=O) groups is 1. The summed E-state index contributed by atoms with van der Waals surface area (Å²) in [5.41, 5.74) is 2.41.